The Balaban J connectivity index is 2.91. The van der Waals surface area contributed by atoms with Crippen LogP contribution in [-0.4, -0.2) is 33.3 Å². The fraction of sp³-hybridized carbons (Fsp3) is 0.500. The second kappa shape index (κ2) is 5.16. The molecule has 0 aliphatic carbocycles. The smallest absolute Gasteiger partial charge is 0.377 e. The highest BCUT2D eigenvalue weighted by molar-refractivity contribution is 7.91. The molecule has 0 atom stereocenters. The number of carbonyl (C=O) groups is 1. The largest absolute Gasteiger partial charge is 0.511 e. The molecule has 106 valence electrons. The normalized spacial score (nSPS) is 12.1. The van der Waals surface area contributed by atoms with E-state index in [4.69, 9.17) is 0 Å². The first-order chi connectivity index (χ1) is 8.54. The third kappa shape index (κ3) is 3.66. The zero-order chi connectivity index (χ0) is 14.8. The van der Waals surface area contributed by atoms with Gasteiger partial charge in [-0.25, -0.2) is 0 Å². The van der Waals surface area contributed by atoms with Gasteiger partial charge in [-0.3, -0.25) is 0 Å². The van der Waals surface area contributed by atoms with Crippen molar-refractivity contribution in [3.05, 3.63) is 24.5 Å². The van der Waals surface area contributed by atoms with Crippen LogP contribution in [0.3, 0.4) is 0 Å². The van der Waals surface area contributed by atoms with E-state index in [-0.39, 0.29) is 0 Å². The third-order valence-corrected chi connectivity index (χ3v) is 4.65. The van der Waals surface area contributed by atoms with Crippen molar-refractivity contribution < 1.29 is 17.8 Å². The maximum atomic E-state index is 11.9. The molecule has 7 heteroatoms. The number of rotatable bonds is 2. The van der Waals surface area contributed by atoms with Crippen molar-refractivity contribution in [2.75, 3.05) is 19.0 Å². The molecule has 0 bridgehead atoms. The summed E-state index contributed by atoms with van der Waals surface area (Å²) in [4.78, 5) is 13.7. The molecule has 0 aliphatic heterocycles. The molecule has 1 rings (SSSR count). The summed E-state index contributed by atoms with van der Waals surface area (Å²) in [6.07, 6.45) is 3.03. The third-order valence-electron chi connectivity index (χ3n) is 2.59. The SMILES string of the molecule is CN(C)c1cc[n+](C(=O)NS(=O)(=O)C(C)(C)C)cc1. The Morgan fingerprint density at radius 3 is 2.05 bits per heavy atom. The van der Waals surface area contributed by atoms with Crippen LogP contribution in [0.4, 0.5) is 10.5 Å². The summed E-state index contributed by atoms with van der Waals surface area (Å²) in [5.74, 6) is 0. The molecule has 1 aromatic rings. The predicted octanol–water partition coefficient (Wildman–Crippen LogP) is 0.726. The average Bonchev–Trinajstić information content (AvgIpc) is 2.27. The molecule has 0 fully saturated rings. The fourth-order valence-corrected chi connectivity index (χ4v) is 1.81. The number of nitrogens with zero attached hydrogens (tertiary/aromatic N) is 2. The lowest BCUT2D eigenvalue weighted by atomic mass is 10.3. The second-order valence-corrected chi connectivity index (χ2v) is 7.82. The molecule has 0 aliphatic rings. The molecule has 0 aromatic carbocycles. The van der Waals surface area contributed by atoms with Gasteiger partial charge in [-0.1, -0.05) is 0 Å². The molecule has 6 nitrogen and oxygen atoms in total. The molecule has 0 unspecified atom stereocenters. The van der Waals surface area contributed by atoms with Crippen molar-refractivity contribution in [3.8, 4) is 0 Å². The van der Waals surface area contributed by atoms with Gasteiger partial charge in [0.1, 0.15) is 17.1 Å². The van der Waals surface area contributed by atoms with Gasteiger partial charge in [0.05, 0.1) is 0 Å². The number of pyridine rings is 1. The van der Waals surface area contributed by atoms with Crippen LogP contribution in [0.2, 0.25) is 0 Å². The van der Waals surface area contributed by atoms with Crippen LogP contribution in [0.15, 0.2) is 24.5 Å². The molecular formula is C12H20N3O3S+. The molecule has 1 aromatic heterocycles. The van der Waals surface area contributed by atoms with Crippen LogP contribution in [0, 0.1) is 0 Å². The van der Waals surface area contributed by atoms with Crippen LogP contribution >= 0.6 is 0 Å². The first-order valence-corrected chi connectivity index (χ1v) is 7.28. The highest BCUT2D eigenvalue weighted by Crippen LogP contribution is 2.12. The number of aromatic nitrogens is 1. The van der Waals surface area contributed by atoms with Crippen LogP contribution in [-0.2, 0) is 10.0 Å². The van der Waals surface area contributed by atoms with Gasteiger partial charge in [0.2, 0.25) is 0 Å². The Bertz CT molecular complexity index is 557. The maximum Gasteiger partial charge on any atom is 0.511 e. The summed E-state index contributed by atoms with van der Waals surface area (Å²) in [6, 6.07) is 2.76. The lowest BCUT2D eigenvalue weighted by Gasteiger charge is -2.15. The monoisotopic (exact) mass is 286 g/mol. The zero-order valence-corrected chi connectivity index (χ0v) is 12.7. The first kappa shape index (κ1) is 15.4. The Morgan fingerprint density at radius 2 is 1.68 bits per heavy atom. The molecule has 19 heavy (non-hydrogen) atoms. The minimum Gasteiger partial charge on any atom is -0.377 e. The standard InChI is InChI=1S/C12H19N3O3S/c1-12(2,3)19(17,18)13-11(16)15-8-6-10(7-9-15)14(4)5/h6-9H,1-5H3/p+1. The predicted molar refractivity (Wildman–Crippen MR) is 73.6 cm³/mol. The van der Waals surface area contributed by atoms with E-state index in [0.717, 1.165) is 5.69 Å². The van der Waals surface area contributed by atoms with E-state index in [1.54, 1.807) is 12.1 Å². The van der Waals surface area contributed by atoms with Crippen LogP contribution in [0.25, 0.3) is 0 Å². The van der Waals surface area contributed by atoms with E-state index in [1.165, 1.54) is 37.7 Å². The summed E-state index contributed by atoms with van der Waals surface area (Å²) in [7, 11) is 0.0552. The van der Waals surface area contributed by atoms with Gasteiger partial charge in [0, 0.05) is 31.9 Å². The lowest BCUT2D eigenvalue weighted by molar-refractivity contribution is -0.570. The highest BCUT2D eigenvalue weighted by Gasteiger charge is 2.36. The molecule has 1 N–H and O–H groups in total. The molecule has 0 saturated heterocycles. The Morgan fingerprint density at radius 1 is 1.21 bits per heavy atom. The summed E-state index contributed by atoms with van der Waals surface area (Å²) in [6.45, 7) is 4.59. The lowest BCUT2D eigenvalue weighted by Crippen LogP contribution is -2.54. The Labute approximate surface area is 114 Å². The van der Waals surface area contributed by atoms with E-state index in [1.807, 2.05) is 23.7 Å². The highest BCUT2D eigenvalue weighted by atomic mass is 32.2. The molecule has 0 radical (unpaired) electrons. The Hall–Kier alpha value is -1.63. The van der Waals surface area contributed by atoms with Gasteiger partial charge in [-0.05, 0) is 20.8 Å². The maximum absolute atomic E-state index is 11.9. The van der Waals surface area contributed by atoms with Gasteiger partial charge in [0.15, 0.2) is 0 Å². The van der Waals surface area contributed by atoms with Crippen LogP contribution in [0.5, 0.6) is 0 Å². The van der Waals surface area contributed by atoms with E-state index in [9.17, 15) is 13.2 Å². The number of hydrogen-bond acceptors (Lipinski definition) is 4. The van der Waals surface area contributed by atoms with Crippen molar-refractivity contribution in [2.24, 2.45) is 0 Å². The number of carbonyl (C=O) groups excluding carboxylic acids is 1. The Kier molecular flexibility index (Phi) is 4.19. The van der Waals surface area contributed by atoms with E-state index in [2.05, 4.69) is 0 Å². The van der Waals surface area contributed by atoms with Crippen LogP contribution < -0.4 is 14.2 Å². The van der Waals surface area contributed by atoms with Gasteiger partial charge in [-0.15, -0.1) is 4.72 Å². The van der Waals surface area contributed by atoms with Gasteiger partial charge in [-0.2, -0.15) is 17.8 Å². The van der Waals surface area contributed by atoms with Crippen molar-refractivity contribution in [3.63, 3.8) is 0 Å². The number of anilines is 1. The van der Waals surface area contributed by atoms with Crippen molar-refractivity contribution in [1.29, 1.82) is 0 Å². The number of hydrogen-bond donors (Lipinski definition) is 1. The van der Waals surface area contributed by atoms with Crippen molar-refractivity contribution in [2.45, 2.75) is 25.5 Å². The van der Waals surface area contributed by atoms with E-state index < -0.39 is 20.8 Å². The molecule has 0 saturated carbocycles. The van der Waals surface area contributed by atoms with Gasteiger partial charge in [0.25, 0.3) is 0 Å². The minimum absolute atomic E-state index is 0.694. The summed E-state index contributed by atoms with van der Waals surface area (Å²) in [5.41, 5.74) is 0.919. The topological polar surface area (TPSA) is 70.4 Å². The second-order valence-electron chi connectivity index (χ2n) is 5.38. The zero-order valence-electron chi connectivity index (χ0n) is 11.8. The first-order valence-electron chi connectivity index (χ1n) is 5.80. The van der Waals surface area contributed by atoms with Gasteiger partial charge >= 0.3 is 16.1 Å². The molecule has 1 amide bonds. The average molecular weight is 286 g/mol. The van der Waals surface area contributed by atoms with Crippen molar-refractivity contribution >= 4 is 21.7 Å². The molecule has 1 heterocycles. The number of nitrogens with one attached hydrogen (secondary N) is 1. The van der Waals surface area contributed by atoms with E-state index in [0.29, 0.717) is 0 Å². The van der Waals surface area contributed by atoms with Crippen LogP contribution in [0.1, 0.15) is 20.8 Å². The minimum atomic E-state index is -3.70. The number of sulfonamides is 1. The summed E-state index contributed by atoms with van der Waals surface area (Å²) < 4.78 is 25.9. The van der Waals surface area contributed by atoms with E-state index >= 15 is 0 Å². The summed E-state index contributed by atoms with van der Waals surface area (Å²) >= 11 is 0. The molecular weight excluding hydrogens is 266 g/mol. The summed E-state index contributed by atoms with van der Waals surface area (Å²) in [5, 5.41) is 0. The molecule has 0 spiro atoms. The number of amides is 1. The van der Waals surface area contributed by atoms with Gasteiger partial charge < -0.3 is 4.90 Å². The van der Waals surface area contributed by atoms with Crippen molar-refractivity contribution in [1.82, 2.24) is 4.72 Å². The quantitative estimate of drug-likeness (QED) is 0.814. The fourth-order valence-electron chi connectivity index (χ4n) is 1.17.